The van der Waals surface area contributed by atoms with Gasteiger partial charge < -0.3 is 9.84 Å². The van der Waals surface area contributed by atoms with Gasteiger partial charge in [-0.15, -0.1) is 11.8 Å². The van der Waals surface area contributed by atoms with Crippen molar-refractivity contribution in [2.45, 2.75) is 24.5 Å². The fraction of sp³-hybridized carbons (Fsp3) is 0.385. The molecule has 6 heteroatoms. The second-order valence-electron chi connectivity index (χ2n) is 4.53. The van der Waals surface area contributed by atoms with Crippen molar-refractivity contribution in [3.05, 3.63) is 35.1 Å². The maximum Gasteiger partial charge on any atom is 0.321 e. The van der Waals surface area contributed by atoms with Crippen LogP contribution in [0.1, 0.15) is 19.7 Å². The van der Waals surface area contributed by atoms with Crippen LogP contribution in [0, 0.1) is 5.92 Å². The zero-order valence-corrected chi connectivity index (χ0v) is 12.5. The molecule has 1 aromatic carbocycles. The van der Waals surface area contributed by atoms with Crippen molar-refractivity contribution in [3.63, 3.8) is 0 Å². The van der Waals surface area contributed by atoms with Crippen molar-refractivity contribution >= 4 is 29.4 Å². The average molecular weight is 298 g/mol. The van der Waals surface area contributed by atoms with E-state index in [0.29, 0.717) is 23.5 Å². The maximum atomic E-state index is 5.84. The van der Waals surface area contributed by atoms with E-state index in [9.17, 15) is 0 Å². The summed E-state index contributed by atoms with van der Waals surface area (Å²) in [6, 6.07) is 8.18. The standard InChI is InChI=1S/C13H16ClN3OS/c1-9(2)7-15-13-16-12(17-18-13)8-19-11-5-3-10(14)4-6-11/h3-6,9H,7-8H2,1-2H3,(H,15,16,17). The highest BCUT2D eigenvalue weighted by Crippen LogP contribution is 2.23. The van der Waals surface area contributed by atoms with Gasteiger partial charge in [-0.1, -0.05) is 30.6 Å². The van der Waals surface area contributed by atoms with E-state index < -0.39 is 0 Å². The smallest absolute Gasteiger partial charge is 0.321 e. The Morgan fingerprint density at radius 3 is 2.74 bits per heavy atom. The summed E-state index contributed by atoms with van der Waals surface area (Å²) in [5.74, 6) is 1.90. The van der Waals surface area contributed by atoms with Crippen LogP contribution in [-0.2, 0) is 5.75 Å². The van der Waals surface area contributed by atoms with E-state index in [-0.39, 0.29) is 0 Å². The number of benzene rings is 1. The molecule has 0 unspecified atom stereocenters. The highest BCUT2D eigenvalue weighted by Gasteiger charge is 2.06. The maximum absolute atomic E-state index is 5.84. The third kappa shape index (κ3) is 4.76. The number of nitrogens with zero attached hydrogens (tertiary/aromatic N) is 2. The van der Waals surface area contributed by atoms with Gasteiger partial charge in [0.2, 0.25) is 0 Å². The highest BCUT2D eigenvalue weighted by atomic mass is 35.5. The lowest BCUT2D eigenvalue weighted by atomic mass is 10.2. The van der Waals surface area contributed by atoms with Crippen molar-refractivity contribution in [3.8, 4) is 0 Å². The summed E-state index contributed by atoms with van der Waals surface area (Å²) in [5.41, 5.74) is 0. The first-order valence-electron chi connectivity index (χ1n) is 6.08. The molecule has 0 aliphatic carbocycles. The van der Waals surface area contributed by atoms with Crippen LogP contribution < -0.4 is 5.32 Å². The van der Waals surface area contributed by atoms with Crippen LogP contribution >= 0.6 is 23.4 Å². The Labute approximate surface area is 121 Å². The van der Waals surface area contributed by atoms with Gasteiger partial charge >= 0.3 is 6.01 Å². The minimum absolute atomic E-state index is 0.486. The van der Waals surface area contributed by atoms with E-state index in [4.69, 9.17) is 16.1 Å². The third-order valence-electron chi connectivity index (χ3n) is 2.31. The van der Waals surface area contributed by atoms with Crippen molar-refractivity contribution in [2.24, 2.45) is 5.92 Å². The van der Waals surface area contributed by atoms with Crippen LogP contribution in [0.5, 0.6) is 0 Å². The first kappa shape index (κ1) is 14.2. The van der Waals surface area contributed by atoms with Crippen LogP contribution in [-0.4, -0.2) is 16.7 Å². The molecular formula is C13H16ClN3OS. The van der Waals surface area contributed by atoms with Crippen molar-refractivity contribution < 1.29 is 4.52 Å². The lowest BCUT2D eigenvalue weighted by Gasteiger charge is -2.02. The molecule has 1 heterocycles. The number of aromatic nitrogens is 2. The van der Waals surface area contributed by atoms with Crippen LogP contribution in [0.3, 0.4) is 0 Å². The van der Waals surface area contributed by atoms with Gasteiger partial charge in [-0.3, -0.25) is 0 Å². The molecule has 2 rings (SSSR count). The predicted octanol–water partition coefficient (Wildman–Crippen LogP) is 4.08. The fourth-order valence-electron chi connectivity index (χ4n) is 1.35. The van der Waals surface area contributed by atoms with Gasteiger partial charge in [0.25, 0.3) is 0 Å². The van der Waals surface area contributed by atoms with Gasteiger partial charge in [0.05, 0.1) is 5.75 Å². The average Bonchev–Trinajstić information content (AvgIpc) is 2.84. The first-order valence-corrected chi connectivity index (χ1v) is 7.44. The molecule has 19 heavy (non-hydrogen) atoms. The number of hydrogen-bond donors (Lipinski definition) is 1. The van der Waals surface area contributed by atoms with Crippen LogP contribution in [0.15, 0.2) is 33.7 Å². The minimum Gasteiger partial charge on any atom is -0.337 e. The molecule has 0 fully saturated rings. The van der Waals surface area contributed by atoms with E-state index in [0.717, 1.165) is 16.5 Å². The topological polar surface area (TPSA) is 51.0 Å². The molecule has 1 N–H and O–H groups in total. The molecule has 0 spiro atoms. The van der Waals surface area contributed by atoms with Crippen LogP contribution in [0.25, 0.3) is 0 Å². The lowest BCUT2D eigenvalue weighted by Crippen LogP contribution is -2.07. The van der Waals surface area contributed by atoms with E-state index in [1.54, 1.807) is 11.8 Å². The van der Waals surface area contributed by atoms with Gasteiger partial charge in [-0.2, -0.15) is 4.98 Å². The molecule has 2 aromatic rings. The van der Waals surface area contributed by atoms with Gasteiger partial charge in [-0.05, 0) is 30.2 Å². The zero-order chi connectivity index (χ0) is 13.7. The Bertz CT molecular complexity index is 513. The Hall–Kier alpha value is -1.20. The SMILES string of the molecule is CC(C)CNc1nc(CSc2ccc(Cl)cc2)no1. The summed E-state index contributed by atoms with van der Waals surface area (Å²) in [5, 5.41) is 7.77. The number of anilines is 1. The van der Waals surface area contributed by atoms with E-state index >= 15 is 0 Å². The summed E-state index contributed by atoms with van der Waals surface area (Å²) in [6.45, 7) is 5.08. The summed E-state index contributed by atoms with van der Waals surface area (Å²) in [6.07, 6.45) is 0. The second-order valence-corrected chi connectivity index (χ2v) is 6.02. The van der Waals surface area contributed by atoms with Gasteiger partial charge in [0.1, 0.15) is 0 Å². The molecule has 0 aliphatic heterocycles. The molecular weight excluding hydrogens is 282 g/mol. The number of hydrogen-bond acceptors (Lipinski definition) is 5. The highest BCUT2D eigenvalue weighted by molar-refractivity contribution is 7.98. The lowest BCUT2D eigenvalue weighted by molar-refractivity contribution is 0.423. The molecule has 1 aromatic heterocycles. The van der Waals surface area contributed by atoms with Crippen LogP contribution in [0.4, 0.5) is 6.01 Å². The summed E-state index contributed by atoms with van der Waals surface area (Å²) in [7, 11) is 0. The zero-order valence-electron chi connectivity index (χ0n) is 10.9. The number of rotatable bonds is 6. The summed E-state index contributed by atoms with van der Waals surface area (Å²) < 4.78 is 5.12. The molecule has 102 valence electrons. The van der Waals surface area contributed by atoms with Crippen molar-refractivity contribution in [1.82, 2.24) is 10.1 Å². The van der Waals surface area contributed by atoms with Gasteiger partial charge in [0, 0.05) is 16.5 Å². The Morgan fingerprint density at radius 2 is 2.05 bits per heavy atom. The third-order valence-corrected chi connectivity index (χ3v) is 3.57. The molecule has 0 radical (unpaired) electrons. The monoisotopic (exact) mass is 297 g/mol. The number of nitrogens with one attached hydrogen (secondary N) is 1. The normalized spacial score (nSPS) is 10.9. The molecule has 0 amide bonds. The molecule has 4 nitrogen and oxygen atoms in total. The molecule has 0 aliphatic rings. The summed E-state index contributed by atoms with van der Waals surface area (Å²) >= 11 is 7.48. The molecule has 0 saturated carbocycles. The van der Waals surface area contributed by atoms with Crippen LogP contribution in [0.2, 0.25) is 5.02 Å². The van der Waals surface area contributed by atoms with E-state index in [1.807, 2.05) is 24.3 Å². The minimum atomic E-state index is 0.486. The largest absolute Gasteiger partial charge is 0.337 e. The number of halogens is 1. The van der Waals surface area contributed by atoms with Gasteiger partial charge in [0.15, 0.2) is 5.82 Å². The van der Waals surface area contributed by atoms with E-state index in [2.05, 4.69) is 29.3 Å². The number of thioether (sulfide) groups is 1. The molecule has 0 bridgehead atoms. The van der Waals surface area contributed by atoms with E-state index in [1.165, 1.54) is 0 Å². The predicted molar refractivity (Wildman–Crippen MR) is 78.6 cm³/mol. The molecule has 0 atom stereocenters. The first-order chi connectivity index (χ1) is 9.13. The van der Waals surface area contributed by atoms with Gasteiger partial charge in [-0.25, -0.2) is 0 Å². The Morgan fingerprint density at radius 1 is 1.32 bits per heavy atom. The summed E-state index contributed by atoms with van der Waals surface area (Å²) in [4.78, 5) is 5.41. The second kappa shape index (κ2) is 6.82. The Balaban J connectivity index is 1.84. The fourth-order valence-corrected chi connectivity index (χ4v) is 2.22. The van der Waals surface area contributed by atoms with Crippen molar-refractivity contribution in [2.75, 3.05) is 11.9 Å². The van der Waals surface area contributed by atoms with Crippen molar-refractivity contribution in [1.29, 1.82) is 0 Å². The quantitative estimate of drug-likeness (QED) is 0.814. The Kier molecular flexibility index (Phi) is 5.10. The molecule has 0 saturated heterocycles.